The molecule has 1 atom stereocenters. The monoisotopic (exact) mass is 405 g/mol. The first-order valence-corrected chi connectivity index (χ1v) is 11.0. The summed E-state index contributed by atoms with van der Waals surface area (Å²) in [6.45, 7) is 2.19. The zero-order valence-corrected chi connectivity index (χ0v) is 17.0. The fourth-order valence-corrected chi connectivity index (χ4v) is 5.13. The maximum atomic E-state index is 13.4. The van der Waals surface area contributed by atoms with Gasteiger partial charge in [0, 0.05) is 12.1 Å². The molecule has 3 aromatic carbocycles. The Bertz CT molecular complexity index is 1140. The van der Waals surface area contributed by atoms with Crippen LogP contribution >= 0.6 is 0 Å². The first-order valence-electron chi connectivity index (χ1n) is 9.59. The highest BCUT2D eigenvalue weighted by Crippen LogP contribution is 2.39. The molecule has 4 nitrogen and oxygen atoms in total. The Morgan fingerprint density at radius 3 is 2.31 bits per heavy atom. The van der Waals surface area contributed by atoms with Crippen LogP contribution in [-0.2, 0) is 10.0 Å². The highest BCUT2D eigenvalue weighted by Gasteiger charge is 2.32. The van der Waals surface area contributed by atoms with Gasteiger partial charge in [-0.05, 0) is 42.7 Å². The molecule has 0 spiro atoms. The van der Waals surface area contributed by atoms with Crippen molar-refractivity contribution >= 4 is 21.8 Å². The van der Waals surface area contributed by atoms with Crippen molar-refractivity contribution in [2.75, 3.05) is 10.8 Å². The molecule has 0 saturated carbocycles. The van der Waals surface area contributed by atoms with Crippen LogP contribution in [0.25, 0.3) is 6.08 Å². The number of rotatable bonds is 3. The predicted molar refractivity (Wildman–Crippen MR) is 116 cm³/mol. The van der Waals surface area contributed by atoms with Crippen molar-refractivity contribution < 1.29 is 13.5 Å². The van der Waals surface area contributed by atoms with Crippen LogP contribution in [0, 0.1) is 6.92 Å². The maximum Gasteiger partial charge on any atom is 0.264 e. The largest absolute Gasteiger partial charge is 0.384 e. The van der Waals surface area contributed by atoms with Crippen molar-refractivity contribution in [3.8, 4) is 0 Å². The molecule has 0 saturated heterocycles. The Kier molecular flexibility index (Phi) is 5.26. The molecule has 1 heterocycles. The quantitative estimate of drug-likeness (QED) is 0.686. The van der Waals surface area contributed by atoms with Gasteiger partial charge >= 0.3 is 0 Å². The molecule has 0 amide bonds. The summed E-state index contributed by atoms with van der Waals surface area (Å²) in [5.41, 5.74) is 3.91. The third-order valence-electron chi connectivity index (χ3n) is 5.22. The lowest BCUT2D eigenvalue weighted by molar-refractivity contribution is 0.215. The molecule has 4 rings (SSSR count). The van der Waals surface area contributed by atoms with Gasteiger partial charge in [0.05, 0.1) is 10.6 Å². The lowest BCUT2D eigenvalue weighted by Gasteiger charge is -2.24. The lowest BCUT2D eigenvalue weighted by atomic mass is 9.97. The van der Waals surface area contributed by atoms with Crippen LogP contribution in [0.5, 0.6) is 0 Å². The molecule has 148 valence electrons. The van der Waals surface area contributed by atoms with Crippen molar-refractivity contribution in [2.24, 2.45) is 0 Å². The van der Waals surface area contributed by atoms with Crippen LogP contribution in [-0.4, -0.2) is 20.1 Å². The number of nitrogens with zero attached hydrogens (tertiary/aromatic N) is 1. The SMILES string of the molecule is Cc1ccc(S(=O)(=O)N2CC/C(=C/c3ccccc3)C(O)c3ccccc32)cc1. The minimum absolute atomic E-state index is 0.253. The average Bonchev–Trinajstić information content (AvgIpc) is 2.87. The lowest BCUT2D eigenvalue weighted by Crippen LogP contribution is -2.31. The molecule has 5 heteroatoms. The van der Waals surface area contributed by atoms with Gasteiger partial charge in [-0.2, -0.15) is 0 Å². The fraction of sp³-hybridized carbons (Fsp3) is 0.167. The molecule has 29 heavy (non-hydrogen) atoms. The molecule has 0 aromatic heterocycles. The summed E-state index contributed by atoms with van der Waals surface area (Å²) in [6, 6.07) is 23.8. The van der Waals surface area contributed by atoms with E-state index in [9.17, 15) is 13.5 Å². The van der Waals surface area contributed by atoms with Gasteiger partial charge in [-0.3, -0.25) is 4.31 Å². The molecular weight excluding hydrogens is 382 g/mol. The number of aryl methyl sites for hydroxylation is 1. The van der Waals surface area contributed by atoms with Gasteiger partial charge in [-0.25, -0.2) is 8.42 Å². The second-order valence-electron chi connectivity index (χ2n) is 7.23. The van der Waals surface area contributed by atoms with Gasteiger partial charge in [-0.1, -0.05) is 72.3 Å². The number of hydrogen-bond acceptors (Lipinski definition) is 3. The Hall–Kier alpha value is -2.89. The number of sulfonamides is 1. The molecule has 0 radical (unpaired) electrons. The summed E-state index contributed by atoms with van der Waals surface area (Å²) in [4.78, 5) is 0.253. The Labute approximate surface area is 171 Å². The third-order valence-corrected chi connectivity index (χ3v) is 7.04. The molecule has 0 fully saturated rings. The van der Waals surface area contributed by atoms with Gasteiger partial charge in [-0.15, -0.1) is 0 Å². The highest BCUT2D eigenvalue weighted by atomic mass is 32.2. The van der Waals surface area contributed by atoms with Crippen LogP contribution in [0.1, 0.15) is 29.2 Å². The molecule has 1 unspecified atom stereocenters. The summed E-state index contributed by atoms with van der Waals surface area (Å²) in [6.07, 6.45) is 1.53. The topological polar surface area (TPSA) is 57.6 Å². The molecule has 1 N–H and O–H groups in total. The van der Waals surface area contributed by atoms with E-state index in [-0.39, 0.29) is 11.4 Å². The first-order chi connectivity index (χ1) is 14.0. The van der Waals surface area contributed by atoms with Crippen molar-refractivity contribution in [1.29, 1.82) is 0 Å². The summed E-state index contributed by atoms with van der Waals surface area (Å²) in [5, 5.41) is 11.1. The van der Waals surface area contributed by atoms with E-state index in [0.29, 0.717) is 17.7 Å². The van der Waals surface area contributed by atoms with Crippen LogP contribution in [0.2, 0.25) is 0 Å². The van der Waals surface area contributed by atoms with Gasteiger partial charge in [0.15, 0.2) is 0 Å². The number of para-hydroxylation sites is 1. The summed E-state index contributed by atoms with van der Waals surface area (Å²) in [7, 11) is -3.74. The number of hydrogen-bond donors (Lipinski definition) is 1. The number of aliphatic hydroxyl groups excluding tert-OH is 1. The molecule has 3 aromatic rings. The van der Waals surface area contributed by atoms with Crippen molar-refractivity contribution in [2.45, 2.75) is 24.3 Å². The average molecular weight is 406 g/mol. The second-order valence-corrected chi connectivity index (χ2v) is 9.09. The molecule has 0 bridgehead atoms. The van der Waals surface area contributed by atoms with Crippen LogP contribution < -0.4 is 4.31 Å². The standard InChI is InChI=1S/C24H23NO3S/c1-18-11-13-21(14-12-18)29(27,28)25-16-15-20(17-19-7-3-2-4-8-19)24(26)22-9-5-6-10-23(22)25/h2-14,17,24,26H,15-16H2,1H3/b20-17-. The van der Waals surface area contributed by atoms with Crippen molar-refractivity contribution in [3.63, 3.8) is 0 Å². The zero-order valence-electron chi connectivity index (χ0n) is 16.2. The van der Waals surface area contributed by atoms with E-state index >= 15 is 0 Å². The Morgan fingerprint density at radius 2 is 1.59 bits per heavy atom. The minimum atomic E-state index is -3.74. The van der Waals surface area contributed by atoms with Crippen LogP contribution in [0.3, 0.4) is 0 Å². The van der Waals surface area contributed by atoms with Gasteiger partial charge < -0.3 is 5.11 Å². The fourth-order valence-electron chi connectivity index (χ4n) is 3.64. The zero-order chi connectivity index (χ0) is 20.4. The summed E-state index contributed by atoms with van der Waals surface area (Å²) >= 11 is 0. The van der Waals surface area contributed by atoms with E-state index in [2.05, 4.69) is 0 Å². The van der Waals surface area contributed by atoms with E-state index in [1.165, 1.54) is 4.31 Å². The molecule has 1 aliphatic heterocycles. The van der Waals surface area contributed by atoms with Gasteiger partial charge in [0.1, 0.15) is 6.10 Å². The maximum absolute atomic E-state index is 13.4. The smallest absolute Gasteiger partial charge is 0.264 e. The normalized spacial score (nSPS) is 18.3. The minimum Gasteiger partial charge on any atom is -0.384 e. The second kappa shape index (κ2) is 7.85. The predicted octanol–water partition coefficient (Wildman–Crippen LogP) is 4.71. The van der Waals surface area contributed by atoms with Crippen molar-refractivity contribution in [3.05, 3.63) is 101 Å². The van der Waals surface area contributed by atoms with Crippen LogP contribution in [0.15, 0.2) is 89.3 Å². The van der Waals surface area contributed by atoms with Crippen LogP contribution in [0.4, 0.5) is 5.69 Å². The molecule has 1 aliphatic rings. The Morgan fingerprint density at radius 1 is 0.931 bits per heavy atom. The third kappa shape index (κ3) is 3.84. The van der Waals surface area contributed by atoms with E-state index in [0.717, 1.165) is 16.7 Å². The first kappa shape index (κ1) is 19.4. The summed E-state index contributed by atoms with van der Waals surface area (Å²) < 4.78 is 28.2. The number of benzene rings is 3. The van der Waals surface area contributed by atoms with Crippen molar-refractivity contribution in [1.82, 2.24) is 0 Å². The summed E-state index contributed by atoms with van der Waals surface area (Å²) in [5.74, 6) is 0. The van der Waals surface area contributed by atoms with Gasteiger partial charge in [0.25, 0.3) is 10.0 Å². The van der Waals surface area contributed by atoms with E-state index in [4.69, 9.17) is 0 Å². The van der Waals surface area contributed by atoms with E-state index < -0.39 is 16.1 Å². The molecular formula is C24H23NO3S. The van der Waals surface area contributed by atoms with E-state index in [1.54, 1.807) is 42.5 Å². The Balaban J connectivity index is 1.79. The number of aliphatic hydroxyl groups is 1. The van der Waals surface area contributed by atoms with Gasteiger partial charge in [0.2, 0.25) is 0 Å². The molecule has 0 aliphatic carbocycles. The number of fused-ring (bicyclic) bond motifs is 1. The number of anilines is 1. The highest BCUT2D eigenvalue weighted by molar-refractivity contribution is 7.92. The van der Waals surface area contributed by atoms with E-state index in [1.807, 2.05) is 49.4 Å².